The van der Waals surface area contributed by atoms with Gasteiger partial charge in [0.25, 0.3) is 0 Å². The second-order valence-electron chi connectivity index (χ2n) is 2.88. The molecule has 1 aromatic heterocycles. The normalized spacial score (nSPS) is 14.3. The lowest BCUT2D eigenvalue weighted by Crippen LogP contribution is -2.18. The second kappa shape index (κ2) is 5.29. The summed E-state index contributed by atoms with van der Waals surface area (Å²) in [6.45, 7) is 0. The molecule has 1 aromatic rings. The number of pyridine rings is 1. The molecule has 2 unspecified atom stereocenters. The molecule has 80 valence electrons. The van der Waals surface area contributed by atoms with E-state index in [1.807, 2.05) is 0 Å². The molecule has 0 spiro atoms. The molecular formula is C9H8Cl2N2O2. The molecule has 15 heavy (non-hydrogen) atoms. The van der Waals surface area contributed by atoms with Gasteiger partial charge in [-0.25, -0.2) is 4.98 Å². The average molecular weight is 247 g/mol. The monoisotopic (exact) mass is 246 g/mol. The minimum Gasteiger partial charge on any atom is -0.389 e. The molecule has 4 nitrogen and oxygen atoms in total. The predicted molar refractivity (Wildman–Crippen MR) is 55.5 cm³/mol. The molecule has 2 N–H and O–H groups in total. The van der Waals surface area contributed by atoms with Crippen molar-refractivity contribution in [3.8, 4) is 6.07 Å². The van der Waals surface area contributed by atoms with Crippen LogP contribution < -0.4 is 0 Å². The van der Waals surface area contributed by atoms with Gasteiger partial charge < -0.3 is 10.2 Å². The van der Waals surface area contributed by atoms with Gasteiger partial charge in [0.05, 0.1) is 23.6 Å². The third-order valence-corrected chi connectivity index (χ3v) is 2.64. The number of rotatable bonds is 3. The molecule has 0 saturated heterocycles. The third-order valence-electron chi connectivity index (χ3n) is 1.86. The highest BCUT2D eigenvalue weighted by atomic mass is 35.5. The Kier molecular flexibility index (Phi) is 4.30. The summed E-state index contributed by atoms with van der Waals surface area (Å²) in [6.07, 6.45) is -1.24. The predicted octanol–water partition coefficient (Wildman–Crippen LogP) is 1.70. The van der Waals surface area contributed by atoms with Crippen LogP contribution in [0.15, 0.2) is 12.3 Å². The van der Waals surface area contributed by atoms with Crippen molar-refractivity contribution in [2.45, 2.75) is 18.6 Å². The summed E-state index contributed by atoms with van der Waals surface area (Å²) >= 11 is 11.4. The van der Waals surface area contributed by atoms with Crippen LogP contribution in [0.2, 0.25) is 10.2 Å². The Balaban J connectivity index is 2.96. The molecular weight excluding hydrogens is 239 g/mol. The van der Waals surface area contributed by atoms with Gasteiger partial charge in [0.2, 0.25) is 0 Å². The van der Waals surface area contributed by atoms with E-state index in [1.54, 1.807) is 6.07 Å². The molecule has 0 aromatic carbocycles. The Morgan fingerprint density at radius 1 is 1.47 bits per heavy atom. The topological polar surface area (TPSA) is 77.1 Å². The molecule has 2 atom stereocenters. The van der Waals surface area contributed by atoms with Crippen LogP contribution in [0, 0.1) is 11.3 Å². The number of halogens is 2. The number of hydrogen-bond donors (Lipinski definition) is 2. The fraction of sp³-hybridized carbons (Fsp3) is 0.333. The van der Waals surface area contributed by atoms with E-state index in [0.29, 0.717) is 0 Å². The number of aliphatic hydroxyl groups excluding tert-OH is 2. The second-order valence-corrected chi connectivity index (χ2v) is 3.62. The summed E-state index contributed by atoms with van der Waals surface area (Å²) in [5.74, 6) is 0. The molecule has 0 bridgehead atoms. The third kappa shape index (κ3) is 2.80. The molecule has 0 aliphatic carbocycles. The van der Waals surface area contributed by atoms with Crippen molar-refractivity contribution in [1.29, 1.82) is 5.26 Å². The van der Waals surface area contributed by atoms with Crippen molar-refractivity contribution < 1.29 is 10.2 Å². The van der Waals surface area contributed by atoms with Crippen molar-refractivity contribution in [3.63, 3.8) is 0 Å². The summed E-state index contributed by atoms with van der Waals surface area (Å²) < 4.78 is 0. The van der Waals surface area contributed by atoms with Crippen LogP contribution in [0.5, 0.6) is 0 Å². The molecule has 0 amide bonds. The first-order chi connectivity index (χ1) is 7.07. The molecule has 0 saturated carbocycles. The van der Waals surface area contributed by atoms with E-state index in [4.69, 9.17) is 28.5 Å². The lowest BCUT2D eigenvalue weighted by atomic mass is 10.0. The van der Waals surface area contributed by atoms with Gasteiger partial charge in [-0.1, -0.05) is 23.2 Å². The summed E-state index contributed by atoms with van der Waals surface area (Å²) in [5, 5.41) is 27.5. The summed E-state index contributed by atoms with van der Waals surface area (Å²) in [4.78, 5) is 3.70. The standard InChI is InChI=1S/C9H8Cl2N2O2/c10-7-5(2-4-13-9(7)11)8(15)6(14)1-3-12/h2,4,6,8,14-15H,1H2. The SMILES string of the molecule is N#CCC(O)C(O)c1ccnc(Cl)c1Cl. The molecule has 6 heteroatoms. The molecule has 0 aliphatic rings. The number of hydrogen-bond acceptors (Lipinski definition) is 4. The van der Waals surface area contributed by atoms with Gasteiger partial charge in [0.1, 0.15) is 11.3 Å². The van der Waals surface area contributed by atoms with E-state index in [0.717, 1.165) is 0 Å². The van der Waals surface area contributed by atoms with E-state index in [9.17, 15) is 10.2 Å². The Morgan fingerprint density at radius 3 is 2.73 bits per heavy atom. The van der Waals surface area contributed by atoms with Crippen LogP contribution in [0.4, 0.5) is 0 Å². The lowest BCUT2D eigenvalue weighted by Gasteiger charge is -2.16. The number of nitrogens with zero attached hydrogens (tertiary/aromatic N) is 2. The van der Waals surface area contributed by atoms with Gasteiger partial charge in [0.15, 0.2) is 0 Å². The zero-order chi connectivity index (χ0) is 11.4. The first kappa shape index (κ1) is 12.2. The Hall–Kier alpha value is -0.860. The van der Waals surface area contributed by atoms with Crippen molar-refractivity contribution in [3.05, 3.63) is 28.0 Å². The fourth-order valence-electron chi connectivity index (χ4n) is 1.07. The quantitative estimate of drug-likeness (QED) is 0.797. The van der Waals surface area contributed by atoms with Gasteiger partial charge >= 0.3 is 0 Å². The van der Waals surface area contributed by atoms with Crippen LogP contribution in [-0.4, -0.2) is 21.3 Å². The zero-order valence-electron chi connectivity index (χ0n) is 7.56. The number of nitriles is 1. The van der Waals surface area contributed by atoms with Crippen LogP contribution in [0.25, 0.3) is 0 Å². The maximum Gasteiger partial charge on any atom is 0.147 e. The Bertz CT molecular complexity index is 392. The highest BCUT2D eigenvalue weighted by molar-refractivity contribution is 6.41. The Morgan fingerprint density at radius 2 is 2.13 bits per heavy atom. The Labute approximate surface area is 96.7 Å². The molecule has 1 heterocycles. The largest absolute Gasteiger partial charge is 0.389 e. The van der Waals surface area contributed by atoms with Crippen molar-refractivity contribution in [2.24, 2.45) is 0 Å². The summed E-state index contributed by atoms with van der Waals surface area (Å²) in [5.41, 5.74) is 0.263. The van der Waals surface area contributed by atoms with E-state index in [-0.39, 0.29) is 22.2 Å². The van der Waals surface area contributed by atoms with Crippen LogP contribution in [0.1, 0.15) is 18.1 Å². The maximum atomic E-state index is 9.65. The van der Waals surface area contributed by atoms with Crippen molar-refractivity contribution in [1.82, 2.24) is 4.98 Å². The van der Waals surface area contributed by atoms with Crippen molar-refractivity contribution in [2.75, 3.05) is 0 Å². The van der Waals surface area contributed by atoms with Crippen LogP contribution >= 0.6 is 23.2 Å². The maximum absolute atomic E-state index is 9.65. The van der Waals surface area contributed by atoms with Gasteiger partial charge in [-0.2, -0.15) is 5.26 Å². The molecule has 1 rings (SSSR count). The van der Waals surface area contributed by atoms with Crippen LogP contribution in [0.3, 0.4) is 0 Å². The highest BCUT2D eigenvalue weighted by Crippen LogP contribution is 2.30. The lowest BCUT2D eigenvalue weighted by molar-refractivity contribution is 0.0216. The first-order valence-corrected chi connectivity index (χ1v) is 4.86. The fourth-order valence-corrected chi connectivity index (χ4v) is 1.46. The highest BCUT2D eigenvalue weighted by Gasteiger charge is 2.21. The van der Waals surface area contributed by atoms with Crippen LogP contribution in [-0.2, 0) is 0 Å². The van der Waals surface area contributed by atoms with E-state index in [1.165, 1.54) is 12.3 Å². The van der Waals surface area contributed by atoms with E-state index < -0.39 is 12.2 Å². The molecule has 0 fully saturated rings. The summed E-state index contributed by atoms with van der Waals surface area (Å²) in [6, 6.07) is 3.19. The number of aromatic nitrogens is 1. The van der Waals surface area contributed by atoms with E-state index in [2.05, 4.69) is 4.98 Å². The number of aliphatic hydroxyl groups is 2. The van der Waals surface area contributed by atoms with Gasteiger partial charge in [-0.15, -0.1) is 0 Å². The minimum absolute atomic E-state index is 0.0531. The minimum atomic E-state index is -1.24. The van der Waals surface area contributed by atoms with E-state index >= 15 is 0 Å². The van der Waals surface area contributed by atoms with Gasteiger partial charge in [-0.3, -0.25) is 0 Å². The molecule has 0 aliphatic heterocycles. The average Bonchev–Trinajstić information content (AvgIpc) is 2.21. The smallest absolute Gasteiger partial charge is 0.147 e. The summed E-state index contributed by atoms with van der Waals surface area (Å²) in [7, 11) is 0. The van der Waals surface area contributed by atoms with Crippen molar-refractivity contribution >= 4 is 23.2 Å². The van der Waals surface area contributed by atoms with Gasteiger partial charge in [0, 0.05) is 11.8 Å². The zero-order valence-corrected chi connectivity index (χ0v) is 9.07. The first-order valence-electron chi connectivity index (χ1n) is 4.11. The molecule has 0 radical (unpaired) electrons. The van der Waals surface area contributed by atoms with Gasteiger partial charge in [-0.05, 0) is 6.07 Å².